The highest BCUT2D eigenvalue weighted by Crippen LogP contribution is 2.37. The summed E-state index contributed by atoms with van der Waals surface area (Å²) in [4.78, 5) is 2.44. The molecule has 1 aromatic rings. The topological polar surface area (TPSA) is 30.9 Å². The number of nitrogens with zero attached hydrogens (tertiary/aromatic N) is 1. The Kier molecular flexibility index (Phi) is 2.45. The van der Waals surface area contributed by atoms with Crippen LogP contribution in [-0.4, -0.2) is 31.1 Å². The third-order valence-electron chi connectivity index (χ3n) is 4.05. The maximum Gasteiger partial charge on any atom is 0.231 e. The van der Waals surface area contributed by atoms with Crippen molar-refractivity contribution in [2.24, 2.45) is 0 Å². The summed E-state index contributed by atoms with van der Waals surface area (Å²) < 4.78 is 16.7. The smallest absolute Gasteiger partial charge is 0.231 e. The van der Waals surface area contributed by atoms with Crippen LogP contribution in [0.25, 0.3) is 0 Å². The zero-order chi connectivity index (χ0) is 11.9. The molecule has 96 valence electrons. The molecule has 0 saturated carbocycles. The first-order valence-corrected chi connectivity index (χ1v) is 6.67. The van der Waals surface area contributed by atoms with E-state index in [4.69, 9.17) is 14.2 Å². The van der Waals surface area contributed by atoms with Crippen molar-refractivity contribution >= 4 is 0 Å². The Balaban J connectivity index is 1.60. The summed E-state index contributed by atoms with van der Waals surface area (Å²) in [5, 5.41) is 0. The summed E-state index contributed by atoms with van der Waals surface area (Å²) in [6, 6.07) is 4.28. The van der Waals surface area contributed by atoms with Gasteiger partial charge in [-0.05, 0) is 42.5 Å². The Bertz CT molecular complexity index is 468. The summed E-state index contributed by atoms with van der Waals surface area (Å²) in [7, 11) is 0. The number of hydrogen-bond acceptors (Lipinski definition) is 4. The van der Waals surface area contributed by atoms with Crippen LogP contribution in [0.1, 0.15) is 24.0 Å². The lowest BCUT2D eigenvalue weighted by Gasteiger charge is -2.32. The summed E-state index contributed by atoms with van der Waals surface area (Å²) >= 11 is 0. The predicted octanol–water partition coefficient (Wildman–Crippen LogP) is 1.91. The molecule has 0 spiro atoms. The van der Waals surface area contributed by atoms with Gasteiger partial charge in [0.15, 0.2) is 11.5 Å². The van der Waals surface area contributed by atoms with Gasteiger partial charge in [-0.1, -0.05) is 0 Å². The van der Waals surface area contributed by atoms with E-state index in [1.165, 1.54) is 24.0 Å². The van der Waals surface area contributed by atoms with Crippen LogP contribution in [0.2, 0.25) is 0 Å². The summed E-state index contributed by atoms with van der Waals surface area (Å²) in [5.41, 5.74) is 2.76. The van der Waals surface area contributed by atoms with Crippen LogP contribution in [0.4, 0.5) is 0 Å². The predicted molar refractivity (Wildman–Crippen MR) is 65.7 cm³/mol. The largest absolute Gasteiger partial charge is 0.454 e. The first-order chi connectivity index (χ1) is 8.90. The molecule has 3 heterocycles. The van der Waals surface area contributed by atoms with Crippen molar-refractivity contribution in [3.05, 3.63) is 23.3 Å². The maximum absolute atomic E-state index is 5.77. The number of hydrogen-bond donors (Lipinski definition) is 0. The minimum Gasteiger partial charge on any atom is -0.454 e. The fraction of sp³-hybridized carbons (Fsp3) is 0.571. The van der Waals surface area contributed by atoms with Gasteiger partial charge >= 0.3 is 0 Å². The van der Waals surface area contributed by atoms with Crippen LogP contribution >= 0.6 is 0 Å². The highest BCUT2D eigenvalue weighted by molar-refractivity contribution is 5.49. The van der Waals surface area contributed by atoms with E-state index in [1.807, 2.05) is 0 Å². The molecular formula is C14H17NO3. The van der Waals surface area contributed by atoms with Crippen molar-refractivity contribution in [2.45, 2.75) is 32.0 Å². The second kappa shape index (κ2) is 4.14. The first-order valence-electron chi connectivity index (χ1n) is 6.67. The normalized spacial score (nSPS) is 26.3. The molecule has 3 aliphatic heterocycles. The van der Waals surface area contributed by atoms with Crippen molar-refractivity contribution in [2.75, 3.05) is 19.9 Å². The first kappa shape index (κ1) is 10.6. The van der Waals surface area contributed by atoms with Gasteiger partial charge < -0.3 is 14.2 Å². The lowest BCUT2D eigenvalue weighted by Crippen LogP contribution is -2.38. The average Bonchev–Trinajstić information content (AvgIpc) is 3.06. The molecule has 1 unspecified atom stereocenters. The molecule has 4 nitrogen and oxygen atoms in total. The minimum atomic E-state index is 0.323. The average molecular weight is 247 g/mol. The molecule has 4 rings (SSSR count). The molecule has 1 saturated heterocycles. The van der Waals surface area contributed by atoms with E-state index >= 15 is 0 Å². The zero-order valence-corrected chi connectivity index (χ0v) is 10.4. The molecule has 0 aromatic heterocycles. The second-order valence-corrected chi connectivity index (χ2v) is 5.16. The van der Waals surface area contributed by atoms with Crippen molar-refractivity contribution < 1.29 is 14.2 Å². The Morgan fingerprint density at radius 3 is 2.72 bits per heavy atom. The van der Waals surface area contributed by atoms with Gasteiger partial charge in [0.05, 0.1) is 0 Å². The summed E-state index contributed by atoms with van der Waals surface area (Å²) in [6.45, 7) is 3.32. The number of rotatable bonds is 1. The van der Waals surface area contributed by atoms with Gasteiger partial charge in [0.2, 0.25) is 6.79 Å². The highest BCUT2D eigenvalue weighted by Gasteiger charge is 2.28. The van der Waals surface area contributed by atoms with Crippen LogP contribution in [0.5, 0.6) is 11.5 Å². The molecule has 0 amide bonds. The van der Waals surface area contributed by atoms with Gasteiger partial charge in [-0.3, -0.25) is 4.90 Å². The van der Waals surface area contributed by atoms with E-state index in [0.29, 0.717) is 13.0 Å². The third-order valence-corrected chi connectivity index (χ3v) is 4.05. The van der Waals surface area contributed by atoms with Crippen LogP contribution in [0.3, 0.4) is 0 Å². The molecule has 1 atom stereocenters. The molecule has 4 heteroatoms. The van der Waals surface area contributed by atoms with Gasteiger partial charge in [-0.15, -0.1) is 0 Å². The fourth-order valence-corrected chi connectivity index (χ4v) is 3.06. The van der Waals surface area contributed by atoms with E-state index in [1.54, 1.807) is 0 Å². The van der Waals surface area contributed by atoms with Crippen LogP contribution in [0, 0.1) is 0 Å². The van der Waals surface area contributed by atoms with Crippen molar-refractivity contribution in [3.63, 3.8) is 0 Å². The molecule has 18 heavy (non-hydrogen) atoms. The van der Waals surface area contributed by atoms with E-state index in [-0.39, 0.29) is 0 Å². The van der Waals surface area contributed by atoms with E-state index in [9.17, 15) is 0 Å². The molecule has 0 radical (unpaired) electrons. The van der Waals surface area contributed by atoms with E-state index < -0.39 is 0 Å². The highest BCUT2D eigenvalue weighted by atomic mass is 16.7. The lowest BCUT2D eigenvalue weighted by molar-refractivity contribution is -0.0274. The monoisotopic (exact) mass is 247 g/mol. The standard InChI is InChI=1S/C14H17NO3/c1-2-14(16-5-1)15-4-3-10-6-12-13(18-9-17-12)7-11(10)8-15/h6-7,14H,1-5,8-9H2. The molecule has 1 fully saturated rings. The molecule has 0 aliphatic carbocycles. The van der Waals surface area contributed by atoms with Crippen molar-refractivity contribution in [1.29, 1.82) is 0 Å². The molecule has 1 aromatic carbocycles. The Labute approximate surface area is 106 Å². The van der Waals surface area contributed by atoms with Gasteiger partial charge in [0.1, 0.15) is 6.23 Å². The van der Waals surface area contributed by atoms with Gasteiger partial charge in [-0.2, -0.15) is 0 Å². The van der Waals surface area contributed by atoms with Crippen LogP contribution in [-0.2, 0) is 17.7 Å². The number of benzene rings is 1. The Morgan fingerprint density at radius 2 is 1.94 bits per heavy atom. The van der Waals surface area contributed by atoms with E-state index in [0.717, 1.165) is 37.6 Å². The Morgan fingerprint density at radius 1 is 1.11 bits per heavy atom. The molecule has 3 aliphatic rings. The fourth-order valence-electron chi connectivity index (χ4n) is 3.06. The van der Waals surface area contributed by atoms with Gasteiger partial charge in [0, 0.05) is 19.7 Å². The SMILES string of the molecule is c1c2c(cc3c1OCO3)CN(C1CCCO1)CC2. The number of ether oxygens (including phenoxy) is 3. The number of fused-ring (bicyclic) bond motifs is 2. The van der Waals surface area contributed by atoms with Crippen molar-refractivity contribution in [3.8, 4) is 11.5 Å². The van der Waals surface area contributed by atoms with Gasteiger partial charge in [-0.25, -0.2) is 0 Å². The molecular weight excluding hydrogens is 230 g/mol. The Hall–Kier alpha value is -1.26. The summed E-state index contributed by atoms with van der Waals surface area (Å²) in [6.07, 6.45) is 3.75. The minimum absolute atomic E-state index is 0.323. The van der Waals surface area contributed by atoms with E-state index in [2.05, 4.69) is 17.0 Å². The van der Waals surface area contributed by atoms with Crippen LogP contribution < -0.4 is 9.47 Å². The summed E-state index contributed by atoms with van der Waals surface area (Å²) in [5.74, 6) is 1.79. The second-order valence-electron chi connectivity index (χ2n) is 5.16. The molecule has 0 bridgehead atoms. The molecule has 0 N–H and O–H groups in total. The van der Waals surface area contributed by atoms with Gasteiger partial charge in [0.25, 0.3) is 0 Å². The third kappa shape index (κ3) is 1.68. The maximum atomic E-state index is 5.77. The van der Waals surface area contributed by atoms with Crippen LogP contribution in [0.15, 0.2) is 12.1 Å². The zero-order valence-electron chi connectivity index (χ0n) is 10.4. The lowest BCUT2D eigenvalue weighted by atomic mass is 9.98. The van der Waals surface area contributed by atoms with Crippen molar-refractivity contribution in [1.82, 2.24) is 4.90 Å². The quantitative estimate of drug-likeness (QED) is 0.758.